The van der Waals surface area contributed by atoms with Crippen LogP contribution in [0.2, 0.25) is 0 Å². The molecule has 82 valence electrons. The number of carbonyl (C=O) groups excluding carboxylic acids is 1. The van der Waals surface area contributed by atoms with E-state index in [4.69, 9.17) is 10.9 Å². The molecule has 3 N–H and O–H groups in total. The summed E-state index contributed by atoms with van der Waals surface area (Å²) in [5.74, 6) is -0.242. The minimum Gasteiger partial charge on any atom is -0.409 e. The summed E-state index contributed by atoms with van der Waals surface area (Å²) in [6.07, 6.45) is -0.0584. The number of carbonyl (C=O) groups is 1. The molecule has 1 aromatic heterocycles. The number of oxime groups is 1. The van der Waals surface area contributed by atoms with E-state index in [0.717, 1.165) is 5.56 Å². The van der Waals surface area contributed by atoms with E-state index in [9.17, 15) is 4.79 Å². The lowest BCUT2D eigenvalue weighted by atomic mass is 10.3. The van der Waals surface area contributed by atoms with E-state index >= 15 is 0 Å². The Morgan fingerprint density at radius 2 is 2.47 bits per heavy atom. The molecule has 0 radical (unpaired) electrons. The lowest BCUT2D eigenvalue weighted by Crippen LogP contribution is -2.30. The third kappa shape index (κ3) is 3.59. The summed E-state index contributed by atoms with van der Waals surface area (Å²) in [5, 5.41) is 15.0. The van der Waals surface area contributed by atoms with Crippen molar-refractivity contribution in [3.05, 3.63) is 22.4 Å². The number of nitrogens with zero attached hydrogens (tertiary/aromatic N) is 2. The fourth-order valence-electron chi connectivity index (χ4n) is 1.07. The Morgan fingerprint density at radius 3 is 3.00 bits per heavy atom. The molecule has 0 saturated carbocycles. The number of nitrogens with two attached hydrogens (primary N) is 1. The van der Waals surface area contributed by atoms with Gasteiger partial charge in [-0.3, -0.25) is 4.79 Å². The Kier molecular flexibility index (Phi) is 4.11. The van der Waals surface area contributed by atoms with Gasteiger partial charge < -0.3 is 15.8 Å². The Morgan fingerprint density at radius 1 is 1.73 bits per heavy atom. The van der Waals surface area contributed by atoms with E-state index in [1.165, 1.54) is 0 Å². The van der Waals surface area contributed by atoms with Gasteiger partial charge in [0.15, 0.2) is 0 Å². The summed E-state index contributed by atoms with van der Waals surface area (Å²) in [7, 11) is 1.69. The Hall–Kier alpha value is -1.56. The van der Waals surface area contributed by atoms with Crippen molar-refractivity contribution < 1.29 is 10.0 Å². The van der Waals surface area contributed by atoms with Gasteiger partial charge in [-0.05, 0) is 22.4 Å². The molecule has 0 spiro atoms. The Bertz CT molecular complexity index is 348. The first-order chi connectivity index (χ1) is 7.13. The van der Waals surface area contributed by atoms with Crippen molar-refractivity contribution in [3.8, 4) is 0 Å². The molecule has 1 amide bonds. The number of amides is 1. The summed E-state index contributed by atoms with van der Waals surface area (Å²) >= 11 is 1.59. The summed E-state index contributed by atoms with van der Waals surface area (Å²) in [6.45, 7) is 0.543. The summed E-state index contributed by atoms with van der Waals surface area (Å²) in [6, 6.07) is 1.96. The minimum absolute atomic E-state index is 0.0584. The van der Waals surface area contributed by atoms with Crippen molar-refractivity contribution in [2.75, 3.05) is 7.05 Å². The van der Waals surface area contributed by atoms with Gasteiger partial charge in [0.1, 0.15) is 5.84 Å². The second-order valence-corrected chi connectivity index (χ2v) is 3.93. The van der Waals surface area contributed by atoms with Crippen LogP contribution in [0.5, 0.6) is 0 Å². The van der Waals surface area contributed by atoms with Gasteiger partial charge in [-0.1, -0.05) is 5.16 Å². The van der Waals surface area contributed by atoms with Gasteiger partial charge in [0, 0.05) is 13.6 Å². The van der Waals surface area contributed by atoms with Crippen LogP contribution >= 0.6 is 11.3 Å². The molecule has 0 fully saturated rings. The van der Waals surface area contributed by atoms with Gasteiger partial charge in [-0.15, -0.1) is 0 Å². The Balaban J connectivity index is 2.47. The highest BCUT2D eigenvalue weighted by Crippen LogP contribution is 2.08. The van der Waals surface area contributed by atoms with Gasteiger partial charge in [-0.25, -0.2) is 0 Å². The molecule has 15 heavy (non-hydrogen) atoms. The van der Waals surface area contributed by atoms with E-state index in [1.807, 2.05) is 16.8 Å². The molecule has 0 aromatic carbocycles. The Labute approximate surface area is 91.8 Å². The molecule has 0 aliphatic rings. The molecule has 1 rings (SSSR count). The first kappa shape index (κ1) is 11.5. The largest absolute Gasteiger partial charge is 0.409 e. The van der Waals surface area contributed by atoms with E-state index in [0.29, 0.717) is 6.54 Å². The molecule has 1 aromatic rings. The maximum atomic E-state index is 11.5. The molecule has 0 saturated heterocycles. The number of hydrogen-bond acceptors (Lipinski definition) is 4. The van der Waals surface area contributed by atoms with Crippen LogP contribution in [-0.2, 0) is 11.3 Å². The maximum absolute atomic E-state index is 11.5. The average molecular weight is 227 g/mol. The van der Waals surface area contributed by atoms with Crippen LogP contribution in [0.1, 0.15) is 12.0 Å². The van der Waals surface area contributed by atoms with Gasteiger partial charge in [0.2, 0.25) is 5.91 Å². The van der Waals surface area contributed by atoms with E-state index in [1.54, 1.807) is 23.3 Å². The summed E-state index contributed by atoms with van der Waals surface area (Å²) in [4.78, 5) is 13.0. The van der Waals surface area contributed by atoms with Crippen LogP contribution in [0.15, 0.2) is 22.0 Å². The van der Waals surface area contributed by atoms with Crippen molar-refractivity contribution in [3.63, 3.8) is 0 Å². The molecule has 0 atom stereocenters. The lowest BCUT2D eigenvalue weighted by molar-refractivity contribution is -0.129. The first-order valence-electron chi connectivity index (χ1n) is 4.35. The van der Waals surface area contributed by atoms with Crippen LogP contribution in [-0.4, -0.2) is 28.9 Å². The summed E-state index contributed by atoms with van der Waals surface area (Å²) in [5.41, 5.74) is 6.32. The third-order valence-corrected chi connectivity index (χ3v) is 2.62. The predicted octanol–water partition coefficient (Wildman–Crippen LogP) is 0.843. The monoisotopic (exact) mass is 227 g/mol. The van der Waals surface area contributed by atoms with Crippen LogP contribution in [0, 0.1) is 0 Å². The van der Waals surface area contributed by atoms with Gasteiger partial charge in [0.05, 0.1) is 6.42 Å². The van der Waals surface area contributed by atoms with Crippen molar-refractivity contribution >= 4 is 23.1 Å². The average Bonchev–Trinajstić information content (AvgIpc) is 2.70. The number of thiophene rings is 1. The first-order valence-corrected chi connectivity index (χ1v) is 5.29. The van der Waals surface area contributed by atoms with Crippen LogP contribution in [0.4, 0.5) is 0 Å². The van der Waals surface area contributed by atoms with Crippen molar-refractivity contribution in [2.24, 2.45) is 10.9 Å². The number of rotatable bonds is 4. The molecule has 0 aliphatic carbocycles. The molecule has 0 bridgehead atoms. The zero-order valence-corrected chi connectivity index (χ0v) is 9.20. The molecule has 0 aliphatic heterocycles. The predicted molar refractivity (Wildman–Crippen MR) is 58.8 cm³/mol. The van der Waals surface area contributed by atoms with Crippen molar-refractivity contribution in [2.45, 2.75) is 13.0 Å². The minimum atomic E-state index is -0.170. The highest BCUT2D eigenvalue weighted by molar-refractivity contribution is 7.07. The van der Waals surface area contributed by atoms with Gasteiger partial charge in [-0.2, -0.15) is 11.3 Å². The normalized spacial score (nSPS) is 11.4. The molecule has 0 unspecified atom stereocenters. The molecule has 1 heterocycles. The zero-order chi connectivity index (χ0) is 11.3. The van der Waals surface area contributed by atoms with Crippen LogP contribution in [0.25, 0.3) is 0 Å². The van der Waals surface area contributed by atoms with Crippen molar-refractivity contribution in [1.29, 1.82) is 0 Å². The van der Waals surface area contributed by atoms with Crippen LogP contribution in [0.3, 0.4) is 0 Å². The second-order valence-electron chi connectivity index (χ2n) is 3.15. The van der Waals surface area contributed by atoms with E-state index in [-0.39, 0.29) is 18.2 Å². The second kappa shape index (κ2) is 5.35. The van der Waals surface area contributed by atoms with E-state index < -0.39 is 0 Å². The standard InChI is InChI=1S/C9H13N3O2S/c1-12(5-7-2-3-15-6-7)9(13)4-8(10)11-14/h2-3,6,14H,4-5H2,1H3,(H2,10,11). The van der Waals surface area contributed by atoms with E-state index in [2.05, 4.69) is 5.16 Å². The third-order valence-electron chi connectivity index (χ3n) is 1.89. The fraction of sp³-hybridized carbons (Fsp3) is 0.333. The van der Waals surface area contributed by atoms with Gasteiger partial charge in [0.25, 0.3) is 0 Å². The highest BCUT2D eigenvalue weighted by Gasteiger charge is 2.11. The number of hydrogen-bond donors (Lipinski definition) is 2. The quantitative estimate of drug-likeness (QED) is 0.346. The molecule has 5 nitrogen and oxygen atoms in total. The fourth-order valence-corrected chi connectivity index (χ4v) is 1.73. The zero-order valence-electron chi connectivity index (χ0n) is 8.38. The van der Waals surface area contributed by atoms with Crippen LogP contribution < -0.4 is 5.73 Å². The highest BCUT2D eigenvalue weighted by atomic mass is 32.1. The smallest absolute Gasteiger partial charge is 0.230 e. The molecule has 6 heteroatoms. The molecular formula is C9H13N3O2S. The topological polar surface area (TPSA) is 78.9 Å². The van der Waals surface area contributed by atoms with Crippen molar-refractivity contribution in [1.82, 2.24) is 4.90 Å². The SMILES string of the molecule is CN(Cc1ccsc1)C(=O)C/C(N)=N/O. The molecular weight excluding hydrogens is 214 g/mol. The lowest BCUT2D eigenvalue weighted by Gasteiger charge is -2.15. The van der Waals surface area contributed by atoms with Gasteiger partial charge >= 0.3 is 0 Å². The maximum Gasteiger partial charge on any atom is 0.230 e. The number of amidine groups is 1. The summed E-state index contributed by atoms with van der Waals surface area (Å²) < 4.78 is 0.